The van der Waals surface area contributed by atoms with Crippen LogP contribution >= 0.6 is 15.9 Å². The quantitative estimate of drug-likeness (QED) is 0.845. The predicted molar refractivity (Wildman–Crippen MR) is 88.3 cm³/mol. The molecule has 0 amide bonds. The number of aromatic nitrogens is 2. The van der Waals surface area contributed by atoms with Gasteiger partial charge in [0.2, 0.25) is 0 Å². The Bertz CT molecular complexity index is 656. The van der Waals surface area contributed by atoms with Crippen molar-refractivity contribution in [3.63, 3.8) is 0 Å². The fourth-order valence-electron chi connectivity index (χ4n) is 2.90. The summed E-state index contributed by atoms with van der Waals surface area (Å²) in [5.74, 6) is -0.0385. The van der Waals surface area contributed by atoms with Crippen LogP contribution < -0.4 is 4.90 Å². The number of aliphatic hydroxyl groups excluding tert-OH is 1. The number of nitrogens with zero attached hydrogens (tertiary/aromatic N) is 3. The van der Waals surface area contributed by atoms with Gasteiger partial charge in [0.25, 0.3) is 0 Å². The molecule has 0 aliphatic carbocycles. The van der Waals surface area contributed by atoms with Crippen LogP contribution in [0, 0.1) is 5.82 Å². The van der Waals surface area contributed by atoms with Crippen LogP contribution in [0.2, 0.25) is 0 Å². The summed E-state index contributed by atoms with van der Waals surface area (Å²) in [6.45, 7) is 4.97. The zero-order chi connectivity index (χ0) is 15.9. The van der Waals surface area contributed by atoms with Crippen molar-refractivity contribution in [2.24, 2.45) is 0 Å². The smallest absolute Gasteiger partial charge is 0.139 e. The summed E-state index contributed by atoms with van der Waals surface area (Å²) in [6.07, 6.45) is 2.12. The molecule has 4 nitrogen and oxygen atoms in total. The summed E-state index contributed by atoms with van der Waals surface area (Å²) in [5.41, 5.74) is 2.78. The Hall–Kier alpha value is -1.40. The molecule has 1 N–H and O–H groups in total. The van der Waals surface area contributed by atoms with E-state index in [4.69, 9.17) is 0 Å². The minimum absolute atomic E-state index is 0.0710. The van der Waals surface area contributed by atoms with Crippen LogP contribution in [-0.4, -0.2) is 32.5 Å². The third-order valence-electron chi connectivity index (χ3n) is 4.00. The maximum absolute atomic E-state index is 13.1. The third-order valence-corrected chi connectivity index (χ3v) is 4.93. The molecule has 1 aliphatic heterocycles. The van der Waals surface area contributed by atoms with E-state index in [1.165, 1.54) is 12.1 Å². The lowest BCUT2D eigenvalue weighted by atomic mass is 10.1. The zero-order valence-electron chi connectivity index (χ0n) is 12.6. The summed E-state index contributed by atoms with van der Waals surface area (Å²) in [4.78, 5) is 2.04. The molecule has 2 heterocycles. The highest BCUT2D eigenvalue weighted by atomic mass is 79.9. The molecule has 22 heavy (non-hydrogen) atoms. The highest BCUT2D eigenvalue weighted by Crippen LogP contribution is 2.35. The van der Waals surface area contributed by atoms with E-state index in [9.17, 15) is 9.50 Å². The molecule has 3 rings (SSSR count). The zero-order valence-corrected chi connectivity index (χ0v) is 14.2. The molecule has 1 fully saturated rings. The Balaban J connectivity index is 2.04. The van der Waals surface area contributed by atoms with Crippen molar-refractivity contribution in [1.29, 1.82) is 0 Å². The number of hydrogen-bond donors (Lipinski definition) is 1. The van der Waals surface area contributed by atoms with Crippen LogP contribution in [0.5, 0.6) is 0 Å². The van der Waals surface area contributed by atoms with Gasteiger partial charge in [-0.2, -0.15) is 5.10 Å². The van der Waals surface area contributed by atoms with Gasteiger partial charge >= 0.3 is 0 Å². The van der Waals surface area contributed by atoms with Crippen LogP contribution in [0.25, 0.3) is 5.69 Å². The van der Waals surface area contributed by atoms with Crippen molar-refractivity contribution in [3.05, 3.63) is 42.0 Å². The first-order valence-electron chi connectivity index (χ1n) is 7.41. The van der Waals surface area contributed by atoms with E-state index >= 15 is 0 Å². The Morgan fingerprint density at radius 3 is 2.55 bits per heavy atom. The lowest BCUT2D eigenvalue weighted by Gasteiger charge is -2.25. The van der Waals surface area contributed by atoms with Crippen molar-refractivity contribution in [1.82, 2.24) is 9.78 Å². The summed E-state index contributed by atoms with van der Waals surface area (Å²) in [6, 6.07) is 6.29. The average Bonchev–Trinajstić information content (AvgIpc) is 3.05. The normalized spacial score (nSPS) is 21.8. The second-order valence-corrected chi connectivity index (χ2v) is 7.05. The van der Waals surface area contributed by atoms with Gasteiger partial charge in [0.05, 0.1) is 28.1 Å². The van der Waals surface area contributed by atoms with Crippen LogP contribution in [0.1, 0.15) is 31.9 Å². The number of benzene rings is 1. The van der Waals surface area contributed by atoms with E-state index in [2.05, 4.69) is 34.9 Å². The van der Waals surface area contributed by atoms with Gasteiger partial charge in [0, 0.05) is 6.54 Å². The number of halogens is 2. The van der Waals surface area contributed by atoms with Gasteiger partial charge in [-0.25, -0.2) is 9.07 Å². The molecule has 118 valence electrons. The fourth-order valence-corrected chi connectivity index (χ4v) is 3.39. The molecule has 1 aromatic heterocycles. The first kappa shape index (κ1) is 15.5. The molecule has 0 spiro atoms. The Morgan fingerprint density at radius 1 is 1.32 bits per heavy atom. The van der Waals surface area contributed by atoms with Crippen LogP contribution in [-0.2, 0) is 0 Å². The molecule has 2 aromatic rings. The number of hydrogen-bond acceptors (Lipinski definition) is 3. The van der Waals surface area contributed by atoms with E-state index in [0.717, 1.165) is 30.0 Å². The summed E-state index contributed by atoms with van der Waals surface area (Å²) in [7, 11) is 0. The van der Waals surface area contributed by atoms with Crippen molar-refractivity contribution in [3.8, 4) is 5.69 Å². The lowest BCUT2D eigenvalue weighted by molar-refractivity contribution is 0.192. The summed E-state index contributed by atoms with van der Waals surface area (Å²) in [5, 5.41) is 14.8. The van der Waals surface area contributed by atoms with Crippen molar-refractivity contribution >= 4 is 21.6 Å². The van der Waals surface area contributed by atoms with Gasteiger partial charge in [-0.3, -0.25) is 0 Å². The monoisotopic (exact) mass is 367 g/mol. The lowest BCUT2D eigenvalue weighted by Crippen LogP contribution is -2.33. The first-order chi connectivity index (χ1) is 10.5. The van der Waals surface area contributed by atoms with Gasteiger partial charge < -0.3 is 10.0 Å². The SMILES string of the molecule is CC(C)c1c(N2CCC(Br)C2O)cnn1-c1ccc(F)cc1. The van der Waals surface area contributed by atoms with Gasteiger partial charge in [-0.15, -0.1) is 0 Å². The van der Waals surface area contributed by atoms with Crippen LogP contribution in [0.15, 0.2) is 30.5 Å². The summed E-state index contributed by atoms with van der Waals surface area (Å²) < 4.78 is 15.0. The molecule has 0 radical (unpaired) electrons. The maximum Gasteiger partial charge on any atom is 0.139 e. The third kappa shape index (κ3) is 2.65. The highest BCUT2D eigenvalue weighted by molar-refractivity contribution is 9.09. The van der Waals surface area contributed by atoms with E-state index < -0.39 is 6.23 Å². The van der Waals surface area contributed by atoms with E-state index in [-0.39, 0.29) is 16.6 Å². The average molecular weight is 368 g/mol. The van der Waals surface area contributed by atoms with Gasteiger partial charge in [0.1, 0.15) is 12.0 Å². The van der Waals surface area contributed by atoms with Gasteiger partial charge in [-0.1, -0.05) is 29.8 Å². The largest absolute Gasteiger partial charge is 0.372 e. The maximum atomic E-state index is 13.1. The number of aliphatic hydroxyl groups is 1. The number of rotatable bonds is 3. The highest BCUT2D eigenvalue weighted by Gasteiger charge is 2.33. The minimum Gasteiger partial charge on any atom is -0.372 e. The van der Waals surface area contributed by atoms with E-state index in [0.29, 0.717) is 0 Å². The molecule has 0 saturated carbocycles. The molecular weight excluding hydrogens is 349 g/mol. The van der Waals surface area contributed by atoms with Crippen LogP contribution in [0.4, 0.5) is 10.1 Å². The molecule has 1 aliphatic rings. The predicted octanol–water partition coefficient (Wildman–Crippen LogP) is 3.43. The molecule has 1 aromatic carbocycles. The van der Waals surface area contributed by atoms with Crippen molar-refractivity contribution in [2.45, 2.75) is 37.2 Å². The standard InChI is InChI=1S/C16H19BrFN3O/c1-10(2)15-14(20-8-7-13(17)16(20)22)9-19-21(15)12-5-3-11(18)4-6-12/h3-6,9-10,13,16,22H,7-8H2,1-2H3. The Kier molecular flexibility index (Phi) is 4.23. The minimum atomic E-state index is -0.552. The van der Waals surface area contributed by atoms with E-state index in [1.54, 1.807) is 18.3 Å². The topological polar surface area (TPSA) is 41.3 Å². The molecule has 6 heteroatoms. The van der Waals surface area contributed by atoms with Crippen molar-refractivity contribution in [2.75, 3.05) is 11.4 Å². The number of alkyl halides is 1. The molecule has 1 saturated heterocycles. The Labute approximate surface area is 137 Å². The second-order valence-electron chi connectivity index (χ2n) is 5.87. The molecule has 2 atom stereocenters. The van der Waals surface area contributed by atoms with E-state index in [1.807, 2.05) is 9.58 Å². The summed E-state index contributed by atoms with van der Waals surface area (Å²) >= 11 is 3.50. The fraction of sp³-hybridized carbons (Fsp3) is 0.438. The van der Waals surface area contributed by atoms with Gasteiger partial charge in [-0.05, 0) is 36.6 Å². The molecule has 2 unspecified atom stereocenters. The van der Waals surface area contributed by atoms with Gasteiger partial charge in [0.15, 0.2) is 0 Å². The second kappa shape index (κ2) is 6.01. The molecular formula is C16H19BrFN3O. The van der Waals surface area contributed by atoms with Crippen molar-refractivity contribution < 1.29 is 9.50 Å². The van der Waals surface area contributed by atoms with Crippen LogP contribution in [0.3, 0.4) is 0 Å². The Morgan fingerprint density at radius 2 is 2.00 bits per heavy atom. The first-order valence-corrected chi connectivity index (χ1v) is 8.33. The molecule has 0 bridgehead atoms. The number of anilines is 1.